The van der Waals surface area contributed by atoms with Gasteiger partial charge in [0.2, 0.25) is 0 Å². The van der Waals surface area contributed by atoms with Crippen molar-refractivity contribution < 1.29 is 9.59 Å². The molecule has 2 heteroatoms. The van der Waals surface area contributed by atoms with Crippen LogP contribution in [0.4, 0.5) is 0 Å². The van der Waals surface area contributed by atoms with E-state index in [4.69, 9.17) is 0 Å². The zero-order chi connectivity index (χ0) is 9.40. The maximum absolute atomic E-state index is 10.4. The van der Waals surface area contributed by atoms with Crippen LogP contribution in [-0.4, -0.2) is 12.6 Å². The maximum Gasteiger partial charge on any atom is 0.123 e. The average molecular weight is 169 g/mol. The summed E-state index contributed by atoms with van der Waals surface area (Å²) >= 11 is 0. The summed E-state index contributed by atoms with van der Waals surface area (Å²) in [6, 6.07) is 0. The molecule has 0 aliphatic carbocycles. The molecule has 0 fully saturated rings. The highest BCUT2D eigenvalue weighted by atomic mass is 16.1. The summed E-state index contributed by atoms with van der Waals surface area (Å²) in [5.41, 5.74) is 0. The molecular weight excluding hydrogens is 152 g/mol. The van der Waals surface area contributed by atoms with Gasteiger partial charge in [-0.2, -0.15) is 0 Å². The zero-order valence-electron chi connectivity index (χ0n) is 7.66. The minimum Gasteiger partial charge on any atom is -0.303 e. The molecule has 12 heavy (non-hydrogen) atoms. The van der Waals surface area contributed by atoms with E-state index >= 15 is 0 Å². The molecule has 0 aromatic carbocycles. The van der Waals surface area contributed by atoms with Gasteiger partial charge in [-0.25, -0.2) is 0 Å². The second kappa shape index (κ2) is 7.01. The third kappa shape index (κ3) is 5.05. The largest absolute Gasteiger partial charge is 0.303 e. The summed E-state index contributed by atoms with van der Waals surface area (Å²) in [6.07, 6.45) is 5.27. The third-order valence-corrected chi connectivity index (χ3v) is 2.03. The molecule has 0 aliphatic rings. The van der Waals surface area contributed by atoms with Gasteiger partial charge in [0, 0.05) is 11.8 Å². The van der Waals surface area contributed by atoms with Crippen molar-refractivity contribution in [3.8, 4) is 0 Å². The van der Waals surface area contributed by atoms with Crippen LogP contribution in [0.25, 0.3) is 0 Å². The highest BCUT2D eigenvalue weighted by Gasteiger charge is 2.05. The summed E-state index contributed by atoms with van der Waals surface area (Å²) in [5.74, 6) is 0.214. The van der Waals surface area contributed by atoms with E-state index in [1.54, 1.807) is 0 Å². The van der Waals surface area contributed by atoms with E-state index in [0.717, 1.165) is 31.8 Å². The van der Waals surface area contributed by atoms with Crippen molar-refractivity contribution in [3.63, 3.8) is 0 Å². The summed E-state index contributed by atoms with van der Waals surface area (Å²) in [6.45, 7) is 5.57. The van der Waals surface area contributed by atoms with Crippen molar-refractivity contribution >= 4 is 12.6 Å². The maximum atomic E-state index is 10.4. The van der Waals surface area contributed by atoms with Crippen LogP contribution in [0.5, 0.6) is 0 Å². The van der Waals surface area contributed by atoms with Crippen LogP contribution in [-0.2, 0) is 9.59 Å². The molecule has 0 bridgehead atoms. The highest BCUT2D eigenvalue weighted by molar-refractivity contribution is 5.53. The van der Waals surface area contributed by atoms with Crippen molar-refractivity contribution in [1.29, 1.82) is 0 Å². The molecule has 69 valence electrons. The number of hydrogen-bond acceptors (Lipinski definition) is 2. The molecular formula is C10H17O2. The normalized spacial score (nSPS) is 15.2. The number of aldehydes is 2. The molecule has 0 amide bonds. The van der Waals surface area contributed by atoms with Gasteiger partial charge in [-0.3, -0.25) is 0 Å². The van der Waals surface area contributed by atoms with Gasteiger partial charge in [0.15, 0.2) is 0 Å². The zero-order valence-corrected chi connectivity index (χ0v) is 7.66. The van der Waals surface area contributed by atoms with Crippen LogP contribution in [0.3, 0.4) is 0 Å². The van der Waals surface area contributed by atoms with Crippen LogP contribution < -0.4 is 0 Å². The molecule has 0 heterocycles. The number of carbonyl (C=O) groups excluding carboxylic acids is 2. The van der Waals surface area contributed by atoms with Crippen LogP contribution in [0, 0.1) is 18.8 Å². The van der Waals surface area contributed by atoms with Crippen molar-refractivity contribution in [2.45, 2.75) is 32.6 Å². The number of rotatable bonds is 7. The second-order valence-electron chi connectivity index (χ2n) is 3.23. The standard InChI is InChI=1S/C10H17O2/c1-3-10(8-12)6-4-5-9(2)7-11/h7-10H,1,3-6H2,2H3. The lowest BCUT2D eigenvalue weighted by Crippen LogP contribution is -2.02. The topological polar surface area (TPSA) is 34.1 Å². The molecule has 0 N–H and O–H groups in total. The van der Waals surface area contributed by atoms with E-state index in [1.807, 2.05) is 6.92 Å². The first-order chi connectivity index (χ1) is 5.74. The fourth-order valence-electron chi connectivity index (χ4n) is 1.05. The van der Waals surface area contributed by atoms with Gasteiger partial charge in [-0.05, 0) is 19.3 Å². The van der Waals surface area contributed by atoms with Crippen molar-refractivity contribution in [1.82, 2.24) is 0 Å². The minimum atomic E-state index is 0.0869. The first kappa shape index (κ1) is 11.3. The lowest BCUT2D eigenvalue weighted by molar-refractivity contribution is -0.111. The quantitative estimate of drug-likeness (QED) is 0.546. The molecule has 1 radical (unpaired) electrons. The Labute approximate surface area is 74.3 Å². The van der Waals surface area contributed by atoms with E-state index in [-0.39, 0.29) is 11.8 Å². The first-order valence-electron chi connectivity index (χ1n) is 4.44. The summed E-state index contributed by atoms with van der Waals surface area (Å²) < 4.78 is 0. The van der Waals surface area contributed by atoms with Crippen molar-refractivity contribution in [2.75, 3.05) is 0 Å². The fourth-order valence-corrected chi connectivity index (χ4v) is 1.05. The van der Waals surface area contributed by atoms with Gasteiger partial charge in [0.1, 0.15) is 12.6 Å². The minimum absolute atomic E-state index is 0.0869. The van der Waals surface area contributed by atoms with Gasteiger partial charge in [-0.1, -0.05) is 20.3 Å². The Bertz CT molecular complexity index is 132. The summed E-state index contributed by atoms with van der Waals surface area (Å²) in [7, 11) is 0. The molecule has 0 spiro atoms. The molecule has 0 aromatic rings. The Morgan fingerprint density at radius 2 is 1.92 bits per heavy atom. The third-order valence-electron chi connectivity index (χ3n) is 2.03. The SMILES string of the molecule is [CH2]CC(C=O)CCCC(C)C=O. The average Bonchev–Trinajstić information content (AvgIpc) is 2.12. The Balaban J connectivity index is 3.40. The van der Waals surface area contributed by atoms with Gasteiger partial charge < -0.3 is 9.59 Å². The number of carbonyl (C=O) groups is 2. The van der Waals surface area contributed by atoms with Crippen LogP contribution >= 0.6 is 0 Å². The van der Waals surface area contributed by atoms with Gasteiger partial charge in [0.05, 0.1) is 0 Å². The number of hydrogen-bond donors (Lipinski definition) is 0. The van der Waals surface area contributed by atoms with Crippen molar-refractivity contribution in [2.24, 2.45) is 11.8 Å². The Hall–Kier alpha value is -0.660. The monoisotopic (exact) mass is 169 g/mol. The molecule has 0 rings (SSSR count). The van der Waals surface area contributed by atoms with Gasteiger partial charge in [-0.15, -0.1) is 0 Å². The Morgan fingerprint density at radius 3 is 2.33 bits per heavy atom. The first-order valence-corrected chi connectivity index (χ1v) is 4.44. The second-order valence-corrected chi connectivity index (χ2v) is 3.23. The smallest absolute Gasteiger partial charge is 0.123 e. The molecule has 0 aliphatic heterocycles. The van der Waals surface area contributed by atoms with E-state index in [9.17, 15) is 9.59 Å². The lowest BCUT2D eigenvalue weighted by Gasteiger charge is -2.07. The van der Waals surface area contributed by atoms with E-state index in [2.05, 4.69) is 6.92 Å². The lowest BCUT2D eigenvalue weighted by atomic mass is 9.97. The molecule has 2 unspecified atom stereocenters. The van der Waals surface area contributed by atoms with Crippen molar-refractivity contribution in [3.05, 3.63) is 6.92 Å². The summed E-state index contributed by atoms with van der Waals surface area (Å²) in [5, 5.41) is 0. The highest BCUT2D eigenvalue weighted by Crippen LogP contribution is 2.12. The van der Waals surface area contributed by atoms with E-state index in [0.29, 0.717) is 6.42 Å². The van der Waals surface area contributed by atoms with Gasteiger partial charge in [0.25, 0.3) is 0 Å². The molecule has 2 nitrogen and oxygen atoms in total. The summed E-state index contributed by atoms with van der Waals surface area (Å²) in [4.78, 5) is 20.6. The molecule has 0 saturated heterocycles. The molecule has 2 atom stereocenters. The Kier molecular flexibility index (Phi) is 6.63. The molecule has 0 aromatic heterocycles. The van der Waals surface area contributed by atoms with E-state index < -0.39 is 0 Å². The predicted molar refractivity (Wildman–Crippen MR) is 48.6 cm³/mol. The predicted octanol–water partition coefficient (Wildman–Crippen LogP) is 2.03. The molecule has 0 saturated carbocycles. The van der Waals surface area contributed by atoms with Crippen LogP contribution in [0.2, 0.25) is 0 Å². The fraction of sp³-hybridized carbons (Fsp3) is 0.700. The Morgan fingerprint density at radius 1 is 1.25 bits per heavy atom. The van der Waals surface area contributed by atoms with Gasteiger partial charge >= 0.3 is 0 Å². The van der Waals surface area contributed by atoms with E-state index in [1.165, 1.54) is 0 Å². The van der Waals surface area contributed by atoms with Crippen LogP contribution in [0.1, 0.15) is 32.6 Å². The van der Waals surface area contributed by atoms with Crippen LogP contribution in [0.15, 0.2) is 0 Å².